The number of nitrogens with one attached hydrogen (secondary N) is 3. The van der Waals surface area contributed by atoms with Crippen molar-refractivity contribution in [1.29, 1.82) is 0 Å². The largest absolute Gasteiger partial charge is 0.543 e. The molecule has 0 unspecified atom stereocenters. The Bertz CT molecular complexity index is 1300. The summed E-state index contributed by atoms with van der Waals surface area (Å²) in [7, 11) is -2.15. The molecule has 0 aromatic heterocycles. The molecule has 0 saturated carbocycles. The summed E-state index contributed by atoms with van der Waals surface area (Å²) in [5.41, 5.74) is 1.88. The average molecular weight is 581 g/mol. The number of benzodiazepines with no additional fused rings is 1. The van der Waals surface area contributed by atoms with Crippen LogP contribution in [0.4, 0.5) is 10.5 Å². The third-order valence-electron chi connectivity index (χ3n) is 7.16. The van der Waals surface area contributed by atoms with Crippen LogP contribution < -0.4 is 20.4 Å². The number of aliphatic imine (C=N–C) groups is 1. The van der Waals surface area contributed by atoms with Crippen molar-refractivity contribution in [3.05, 3.63) is 59.7 Å². The molecule has 1 aliphatic rings. The standard InChI is InChI=1S/C31H44N4O5Si/c1-20(33-29(38)39-30(2,3)4)27-23-16-15-22(40-41(8,9)31(5,6)7)17-24(23)35-28(37)25(34-27)18-26(36)32-19-21-13-11-10-12-14-21/h10-17,20,25H,18-19H2,1-9H3,(H,32,36)(H,33,38)(H,35,37)/t20-,25-/m1/s1. The summed E-state index contributed by atoms with van der Waals surface area (Å²) in [5, 5.41) is 8.63. The number of benzene rings is 2. The highest BCUT2D eigenvalue weighted by molar-refractivity contribution is 6.74. The first-order chi connectivity index (χ1) is 18.9. The average Bonchev–Trinajstić information content (AvgIpc) is 2.97. The Balaban J connectivity index is 1.91. The molecule has 0 aliphatic carbocycles. The van der Waals surface area contributed by atoms with Crippen LogP contribution in [0.5, 0.6) is 5.75 Å². The van der Waals surface area contributed by atoms with Gasteiger partial charge in [-0.2, -0.15) is 0 Å². The van der Waals surface area contributed by atoms with Gasteiger partial charge in [0.05, 0.1) is 23.9 Å². The Morgan fingerprint density at radius 1 is 1.05 bits per heavy atom. The molecule has 9 nitrogen and oxygen atoms in total. The van der Waals surface area contributed by atoms with Gasteiger partial charge in [0.2, 0.25) is 20.1 Å². The van der Waals surface area contributed by atoms with E-state index in [9.17, 15) is 14.4 Å². The molecule has 41 heavy (non-hydrogen) atoms. The van der Waals surface area contributed by atoms with Crippen LogP contribution in [0, 0.1) is 0 Å². The second-order valence-corrected chi connectivity index (χ2v) is 17.6. The highest BCUT2D eigenvalue weighted by Gasteiger charge is 2.39. The minimum absolute atomic E-state index is 0.0142. The number of nitrogens with zero attached hydrogens (tertiary/aromatic N) is 1. The maximum absolute atomic E-state index is 13.4. The number of fused-ring (bicyclic) bond motifs is 1. The fourth-order valence-electron chi connectivity index (χ4n) is 3.95. The molecule has 1 aliphatic heterocycles. The minimum atomic E-state index is -2.15. The third kappa shape index (κ3) is 8.91. The third-order valence-corrected chi connectivity index (χ3v) is 11.5. The molecule has 0 fully saturated rings. The van der Waals surface area contributed by atoms with Crippen LogP contribution in [0.2, 0.25) is 18.1 Å². The maximum Gasteiger partial charge on any atom is 0.408 e. The summed E-state index contributed by atoms with van der Waals surface area (Å²) >= 11 is 0. The number of rotatable bonds is 8. The van der Waals surface area contributed by atoms with E-state index in [2.05, 4.69) is 49.8 Å². The molecule has 0 bridgehead atoms. The van der Waals surface area contributed by atoms with E-state index in [0.717, 1.165) is 5.56 Å². The number of amides is 3. The highest BCUT2D eigenvalue weighted by atomic mass is 28.4. The number of carbonyl (C=O) groups is 3. The van der Waals surface area contributed by atoms with Gasteiger partial charge in [0.25, 0.3) is 0 Å². The van der Waals surface area contributed by atoms with Crippen LogP contribution in [0.1, 0.15) is 66.0 Å². The first-order valence-electron chi connectivity index (χ1n) is 14.0. The molecule has 0 saturated heterocycles. The monoisotopic (exact) mass is 580 g/mol. The maximum atomic E-state index is 13.4. The summed E-state index contributed by atoms with van der Waals surface area (Å²) < 4.78 is 11.9. The second kappa shape index (κ2) is 12.5. The predicted molar refractivity (Wildman–Crippen MR) is 165 cm³/mol. The first kappa shape index (κ1) is 31.9. The molecule has 2 atom stereocenters. The van der Waals surface area contributed by atoms with Crippen molar-refractivity contribution < 1.29 is 23.5 Å². The lowest BCUT2D eigenvalue weighted by atomic mass is 10.0. The first-order valence-corrected chi connectivity index (χ1v) is 16.9. The van der Waals surface area contributed by atoms with E-state index in [4.69, 9.17) is 14.2 Å². The highest BCUT2D eigenvalue weighted by Crippen LogP contribution is 2.38. The predicted octanol–water partition coefficient (Wildman–Crippen LogP) is 5.80. The number of anilines is 1. The summed E-state index contributed by atoms with van der Waals surface area (Å²) in [5.74, 6) is -0.0791. The van der Waals surface area contributed by atoms with Gasteiger partial charge < -0.3 is 25.1 Å². The quantitative estimate of drug-likeness (QED) is 0.341. The van der Waals surface area contributed by atoms with Gasteiger partial charge in [-0.25, -0.2) is 4.79 Å². The fraction of sp³-hybridized carbons (Fsp3) is 0.484. The molecule has 222 valence electrons. The van der Waals surface area contributed by atoms with Crippen molar-refractivity contribution in [1.82, 2.24) is 10.6 Å². The van der Waals surface area contributed by atoms with E-state index in [-0.39, 0.29) is 17.4 Å². The van der Waals surface area contributed by atoms with Crippen LogP contribution in [0.3, 0.4) is 0 Å². The second-order valence-electron chi connectivity index (χ2n) is 12.9. The van der Waals surface area contributed by atoms with Gasteiger partial charge in [0.1, 0.15) is 17.4 Å². The molecular weight excluding hydrogens is 536 g/mol. The van der Waals surface area contributed by atoms with Gasteiger partial charge in [0.15, 0.2) is 0 Å². The van der Waals surface area contributed by atoms with Crippen LogP contribution in [0.15, 0.2) is 53.5 Å². The topological polar surface area (TPSA) is 118 Å². The van der Waals surface area contributed by atoms with Gasteiger partial charge in [-0.3, -0.25) is 14.6 Å². The van der Waals surface area contributed by atoms with Crippen molar-refractivity contribution in [2.75, 3.05) is 5.32 Å². The van der Waals surface area contributed by atoms with E-state index in [1.807, 2.05) is 42.5 Å². The normalized spacial score (nSPS) is 16.4. The molecule has 10 heteroatoms. The van der Waals surface area contributed by atoms with Gasteiger partial charge >= 0.3 is 6.09 Å². The van der Waals surface area contributed by atoms with E-state index in [0.29, 0.717) is 29.3 Å². The van der Waals surface area contributed by atoms with Crippen molar-refractivity contribution >= 4 is 37.6 Å². The molecular formula is C31H44N4O5Si. The zero-order valence-corrected chi connectivity index (χ0v) is 26.7. The minimum Gasteiger partial charge on any atom is -0.543 e. The van der Waals surface area contributed by atoms with Crippen LogP contribution in [-0.2, 0) is 20.9 Å². The van der Waals surface area contributed by atoms with E-state index >= 15 is 0 Å². The molecule has 3 amide bonds. The van der Waals surface area contributed by atoms with E-state index in [1.165, 1.54) is 0 Å². The van der Waals surface area contributed by atoms with Crippen molar-refractivity contribution in [3.63, 3.8) is 0 Å². The number of carbonyl (C=O) groups excluding carboxylic acids is 3. The lowest BCUT2D eigenvalue weighted by Crippen LogP contribution is -2.44. The summed E-state index contributed by atoms with van der Waals surface area (Å²) in [4.78, 5) is 43.6. The number of hydrogen-bond donors (Lipinski definition) is 3. The smallest absolute Gasteiger partial charge is 0.408 e. The number of alkyl carbamates (subject to hydrolysis) is 1. The van der Waals surface area contributed by atoms with Crippen molar-refractivity contribution in [3.8, 4) is 5.75 Å². The van der Waals surface area contributed by atoms with Crippen LogP contribution >= 0.6 is 0 Å². The summed E-state index contributed by atoms with van der Waals surface area (Å²) in [6, 6.07) is 13.4. The molecule has 0 spiro atoms. The van der Waals surface area contributed by atoms with Gasteiger partial charge in [-0.1, -0.05) is 51.1 Å². The molecule has 2 aromatic carbocycles. The molecule has 1 heterocycles. The lowest BCUT2D eigenvalue weighted by Gasteiger charge is -2.36. The van der Waals surface area contributed by atoms with Crippen LogP contribution in [-0.4, -0.2) is 49.6 Å². The van der Waals surface area contributed by atoms with Gasteiger partial charge in [-0.05, 0) is 63.5 Å². The Kier molecular flexibility index (Phi) is 9.68. The Morgan fingerprint density at radius 2 is 1.71 bits per heavy atom. The zero-order valence-electron chi connectivity index (χ0n) is 25.7. The molecule has 0 radical (unpaired) electrons. The number of ether oxygens (including phenoxy) is 1. The Hall–Kier alpha value is -3.66. The van der Waals surface area contributed by atoms with Gasteiger partial charge in [0, 0.05) is 18.2 Å². The lowest BCUT2D eigenvalue weighted by molar-refractivity contribution is -0.125. The Morgan fingerprint density at radius 3 is 2.32 bits per heavy atom. The van der Waals surface area contributed by atoms with Crippen molar-refractivity contribution in [2.45, 2.75) is 97.2 Å². The van der Waals surface area contributed by atoms with E-state index < -0.39 is 38.0 Å². The van der Waals surface area contributed by atoms with Gasteiger partial charge in [-0.15, -0.1) is 0 Å². The Labute approximate surface area is 244 Å². The van der Waals surface area contributed by atoms with E-state index in [1.54, 1.807) is 33.8 Å². The SMILES string of the molecule is C[C@@H](NC(=O)OC(C)(C)C)C1=N[C@H](CC(=O)NCc2ccccc2)C(=O)Nc2cc(O[Si](C)(C)C(C)(C)C)ccc21. The van der Waals surface area contributed by atoms with Crippen LogP contribution in [0.25, 0.3) is 0 Å². The fourth-order valence-corrected chi connectivity index (χ4v) is 4.98. The van der Waals surface area contributed by atoms with Crippen molar-refractivity contribution in [2.24, 2.45) is 4.99 Å². The zero-order chi connectivity index (χ0) is 30.6. The molecule has 2 aromatic rings. The summed E-state index contributed by atoms with van der Waals surface area (Å²) in [6.45, 7) is 18.3. The molecule has 3 N–H and O–H groups in total. The number of hydrogen-bond acceptors (Lipinski definition) is 6. The molecule has 3 rings (SSSR count). The summed E-state index contributed by atoms with van der Waals surface area (Å²) in [6.07, 6.45) is -0.754.